The van der Waals surface area contributed by atoms with Gasteiger partial charge in [0.15, 0.2) is 0 Å². The number of nitrogens with zero attached hydrogens (tertiary/aromatic N) is 6. The van der Waals surface area contributed by atoms with Crippen molar-refractivity contribution in [3.8, 4) is 16.8 Å². The lowest BCUT2D eigenvalue weighted by Crippen LogP contribution is -2.30. The lowest BCUT2D eigenvalue weighted by atomic mass is 10.1. The van der Waals surface area contributed by atoms with Gasteiger partial charge in [0.1, 0.15) is 5.82 Å². The number of fused-ring (bicyclic) bond motifs is 1. The van der Waals surface area contributed by atoms with E-state index in [4.69, 9.17) is 0 Å². The van der Waals surface area contributed by atoms with Crippen molar-refractivity contribution in [3.63, 3.8) is 0 Å². The number of hydrogen-bond donors (Lipinski definition) is 1. The molecule has 7 heteroatoms. The van der Waals surface area contributed by atoms with Crippen LogP contribution >= 0.6 is 0 Å². The van der Waals surface area contributed by atoms with Crippen LogP contribution < -0.4 is 4.90 Å². The number of aromatic nitrogens is 5. The van der Waals surface area contributed by atoms with Crippen LogP contribution in [-0.4, -0.2) is 48.3 Å². The molecule has 1 aromatic carbocycles. The number of benzene rings is 1. The second kappa shape index (κ2) is 6.17. The summed E-state index contributed by atoms with van der Waals surface area (Å²) in [4.78, 5) is 6.63. The third-order valence-corrected chi connectivity index (χ3v) is 5.36. The Hall–Kier alpha value is -3.19. The van der Waals surface area contributed by atoms with Crippen LogP contribution in [0.25, 0.3) is 27.7 Å². The Bertz CT molecular complexity index is 1160. The van der Waals surface area contributed by atoms with Gasteiger partial charge >= 0.3 is 0 Å². The van der Waals surface area contributed by atoms with Gasteiger partial charge in [-0.2, -0.15) is 10.2 Å². The first-order chi connectivity index (χ1) is 13.5. The van der Waals surface area contributed by atoms with Gasteiger partial charge in [0.25, 0.3) is 0 Å². The maximum absolute atomic E-state index is 10.3. The average molecular weight is 374 g/mol. The van der Waals surface area contributed by atoms with Crippen molar-refractivity contribution in [2.45, 2.75) is 18.9 Å². The molecule has 0 saturated carbocycles. The molecule has 0 radical (unpaired) electrons. The molecule has 7 nitrogen and oxygen atoms in total. The van der Waals surface area contributed by atoms with Crippen LogP contribution in [0.2, 0.25) is 0 Å². The number of hydrogen-bond acceptors (Lipinski definition) is 5. The maximum Gasteiger partial charge on any atom is 0.130 e. The monoisotopic (exact) mass is 374 g/mol. The second-order valence-electron chi connectivity index (χ2n) is 7.77. The zero-order valence-corrected chi connectivity index (χ0v) is 15.9. The smallest absolute Gasteiger partial charge is 0.130 e. The van der Waals surface area contributed by atoms with Crippen molar-refractivity contribution in [2.24, 2.45) is 7.05 Å². The first kappa shape index (κ1) is 16.9. The summed E-state index contributed by atoms with van der Waals surface area (Å²) < 4.78 is 3.74. The molecule has 1 fully saturated rings. The van der Waals surface area contributed by atoms with E-state index < -0.39 is 5.60 Å². The van der Waals surface area contributed by atoms with Crippen molar-refractivity contribution >= 4 is 16.7 Å². The van der Waals surface area contributed by atoms with E-state index in [0.717, 1.165) is 46.5 Å². The first-order valence-corrected chi connectivity index (χ1v) is 9.39. The van der Waals surface area contributed by atoms with Crippen molar-refractivity contribution in [2.75, 3.05) is 18.0 Å². The predicted molar refractivity (Wildman–Crippen MR) is 109 cm³/mol. The zero-order chi connectivity index (χ0) is 19.3. The summed E-state index contributed by atoms with van der Waals surface area (Å²) in [6.45, 7) is 3.26. The van der Waals surface area contributed by atoms with E-state index in [2.05, 4.69) is 38.3 Å². The molecule has 5 rings (SSSR count). The van der Waals surface area contributed by atoms with Crippen molar-refractivity contribution in [3.05, 3.63) is 55.1 Å². The van der Waals surface area contributed by atoms with E-state index in [0.29, 0.717) is 6.54 Å². The summed E-state index contributed by atoms with van der Waals surface area (Å²) in [5.74, 6) is 0.863. The zero-order valence-electron chi connectivity index (χ0n) is 15.9. The van der Waals surface area contributed by atoms with Gasteiger partial charge in [-0.25, -0.2) is 9.67 Å². The van der Waals surface area contributed by atoms with Gasteiger partial charge in [0.05, 0.1) is 29.2 Å². The van der Waals surface area contributed by atoms with Crippen LogP contribution in [-0.2, 0) is 7.05 Å². The molecular formula is C21H22N6O. The molecule has 0 spiro atoms. The van der Waals surface area contributed by atoms with E-state index in [1.165, 1.54) is 0 Å². The molecular weight excluding hydrogens is 352 g/mol. The third-order valence-electron chi connectivity index (χ3n) is 5.36. The van der Waals surface area contributed by atoms with Crippen LogP contribution in [0.1, 0.15) is 13.3 Å². The van der Waals surface area contributed by atoms with Crippen molar-refractivity contribution < 1.29 is 5.11 Å². The molecule has 1 saturated heterocycles. The summed E-state index contributed by atoms with van der Waals surface area (Å²) in [7, 11) is 1.92. The number of β-amino-alcohol motifs (C(OH)–C–C–N with tert-alkyl or cyclic N) is 1. The fourth-order valence-corrected chi connectivity index (χ4v) is 3.83. The SMILES string of the molecule is Cn1cc(-c2ccc3cnn(-c4ccnc(N5CCC(C)(O)C5)c4)c3c2)cn1. The van der Waals surface area contributed by atoms with Gasteiger partial charge in [-0.05, 0) is 31.0 Å². The number of aryl methyl sites for hydroxylation is 1. The van der Waals surface area contributed by atoms with E-state index >= 15 is 0 Å². The topological polar surface area (TPSA) is 72.0 Å². The summed E-state index contributed by atoms with van der Waals surface area (Å²) in [6, 6.07) is 10.3. The number of rotatable bonds is 3. The fourth-order valence-electron chi connectivity index (χ4n) is 3.83. The maximum atomic E-state index is 10.3. The third kappa shape index (κ3) is 2.93. The average Bonchev–Trinajstić information content (AvgIpc) is 3.39. The highest BCUT2D eigenvalue weighted by Crippen LogP contribution is 2.28. The minimum Gasteiger partial charge on any atom is -0.388 e. The molecule has 1 N–H and O–H groups in total. The van der Waals surface area contributed by atoms with Crippen LogP contribution in [0.4, 0.5) is 5.82 Å². The van der Waals surface area contributed by atoms with Gasteiger partial charge < -0.3 is 10.0 Å². The van der Waals surface area contributed by atoms with E-state index in [1.807, 2.05) is 49.4 Å². The van der Waals surface area contributed by atoms with Crippen molar-refractivity contribution in [1.82, 2.24) is 24.5 Å². The minimum atomic E-state index is -0.658. The van der Waals surface area contributed by atoms with E-state index in [-0.39, 0.29) is 0 Å². The molecule has 28 heavy (non-hydrogen) atoms. The number of pyridine rings is 1. The molecule has 0 bridgehead atoms. The number of anilines is 1. The van der Waals surface area contributed by atoms with Gasteiger partial charge in [-0.15, -0.1) is 0 Å². The summed E-state index contributed by atoms with van der Waals surface area (Å²) in [5.41, 5.74) is 3.51. The molecule has 1 aliphatic heterocycles. The highest BCUT2D eigenvalue weighted by Gasteiger charge is 2.32. The number of aliphatic hydroxyl groups is 1. The van der Waals surface area contributed by atoms with Crippen LogP contribution in [0, 0.1) is 0 Å². The van der Waals surface area contributed by atoms with Crippen LogP contribution in [0.15, 0.2) is 55.1 Å². The Kier molecular flexibility index (Phi) is 3.73. The first-order valence-electron chi connectivity index (χ1n) is 9.39. The van der Waals surface area contributed by atoms with Gasteiger partial charge in [-0.1, -0.05) is 12.1 Å². The highest BCUT2D eigenvalue weighted by molar-refractivity contribution is 5.85. The molecule has 4 heterocycles. The predicted octanol–water partition coefficient (Wildman–Crippen LogP) is 2.78. The highest BCUT2D eigenvalue weighted by atomic mass is 16.3. The summed E-state index contributed by atoms with van der Waals surface area (Å²) in [6.07, 6.45) is 8.30. The van der Waals surface area contributed by atoms with Gasteiger partial charge in [-0.3, -0.25) is 4.68 Å². The van der Waals surface area contributed by atoms with Crippen LogP contribution in [0.5, 0.6) is 0 Å². The molecule has 0 aliphatic carbocycles. The lowest BCUT2D eigenvalue weighted by molar-refractivity contribution is 0.0839. The lowest BCUT2D eigenvalue weighted by Gasteiger charge is -2.20. The molecule has 1 atom stereocenters. The fraction of sp³-hybridized carbons (Fsp3) is 0.286. The Balaban J connectivity index is 1.55. The van der Waals surface area contributed by atoms with E-state index in [1.54, 1.807) is 10.9 Å². The molecule has 4 aromatic rings. The Morgan fingerprint density at radius 1 is 1.07 bits per heavy atom. The Labute approximate surface area is 162 Å². The second-order valence-corrected chi connectivity index (χ2v) is 7.77. The van der Waals surface area contributed by atoms with E-state index in [9.17, 15) is 5.11 Å². The minimum absolute atomic E-state index is 0.592. The van der Waals surface area contributed by atoms with Gasteiger partial charge in [0, 0.05) is 49.5 Å². The van der Waals surface area contributed by atoms with Gasteiger partial charge in [0.2, 0.25) is 0 Å². The summed E-state index contributed by atoms with van der Waals surface area (Å²) >= 11 is 0. The molecule has 3 aromatic heterocycles. The quantitative estimate of drug-likeness (QED) is 0.597. The largest absolute Gasteiger partial charge is 0.388 e. The standard InChI is InChI=1S/C21H22N6O/c1-21(28)6-8-26(14-21)20-10-18(5-7-22-20)27-19-9-15(3-4-16(19)11-24-27)17-12-23-25(2)13-17/h3-5,7,9-13,28H,6,8,14H2,1-2H3. The molecule has 1 unspecified atom stereocenters. The Morgan fingerprint density at radius 3 is 2.71 bits per heavy atom. The molecule has 1 aliphatic rings. The normalized spacial score (nSPS) is 19.6. The van der Waals surface area contributed by atoms with Crippen molar-refractivity contribution in [1.29, 1.82) is 0 Å². The Morgan fingerprint density at radius 2 is 1.96 bits per heavy atom. The molecule has 142 valence electrons. The van der Waals surface area contributed by atoms with Crippen LogP contribution in [0.3, 0.4) is 0 Å². The summed E-state index contributed by atoms with van der Waals surface area (Å²) in [5, 5.41) is 20.2. The molecule has 0 amide bonds.